The van der Waals surface area contributed by atoms with Gasteiger partial charge in [0, 0.05) is 24.3 Å². The number of hydrogen-bond donors (Lipinski definition) is 2. The van der Waals surface area contributed by atoms with E-state index in [-0.39, 0.29) is 6.61 Å². The quantitative estimate of drug-likeness (QED) is 0.751. The summed E-state index contributed by atoms with van der Waals surface area (Å²) in [6.07, 6.45) is 2.84. The first-order chi connectivity index (χ1) is 10.2. The Bertz CT molecular complexity index is 574. The van der Waals surface area contributed by atoms with Crippen LogP contribution in [0.25, 0.3) is 0 Å². The van der Waals surface area contributed by atoms with Gasteiger partial charge in [0.05, 0.1) is 25.4 Å². The molecule has 2 heterocycles. The smallest absolute Gasteiger partial charge is 0.146 e. The molecule has 2 aromatic rings. The molecular weight excluding hydrogens is 268 g/mol. The van der Waals surface area contributed by atoms with Crippen molar-refractivity contribution in [1.82, 2.24) is 29.9 Å². The van der Waals surface area contributed by atoms with E-state index in [4.69, 9.17) is 5.11 Å². The first kappa shape index (κ1) is 15.7. The van der Waals surface area contributed by atoms with Gasteiger partial charge < -0.3 is 15.0 Å². The topological polar surface area (TPSA) is 80.8 Å². The third-order valence-electron chi connectivity index (χ3n) is 3.59. The molecule has 7 heteroatoms. The molecule has 2 N–H and O–H groups in total. The summed E-state index contributed by atoms with van der Waals surface area (Å²) in [4.78, 5) is 0. The van der Waals surface area contributed by atoms with E-state index in [0.29, 0.717) is 13.1 Å². The van der Waals surface area contributed by atoms with E-state index in [9.17, 15) is 0 Å². The third kappa shape index (κ3) is 3.68. The summed E-state index contributed by atoms with van der Waals surface area (Å²) in [5.41, 5.74) is 3.29. The fourth-order valence-corrected chi connectivity index (χ4v) is 2.45. The van der Waals surface area contributed by atoms with Crippen LogP contribution in [0.4, 0.5) is 0 Å². The second kappa shape index (κ2) is 7.33. The van der Waals surface area contributed by atoms with E-state index in [1.54, 1.807) is 6.33 Å². The number of nitrogens with zero attached hydrogens (tertiary/aromatic N) is 5. The first-order valence-corrected chi connectivity index (χ1v) is 7.38. The Labute approximate surface area is 125 Å². The Hall–Kier alpha value is -1.73. The van der Waals surface area contributed by atoms with Crippen LogP contribution >= 0.6 is 0 Å². The highest BCUT2D eigenvalue weighted by molar-refractivity contribution is 5.24. The number of aryl methyl sites for hydroxylation is 2. The molecule has 0 bridgehead atoms. The molecule has 2 rings (SSSR count). The van der Waals surface area contributed by atoms with Crippen molar-refractivity contribution in [3.05, 3.63) is 29.1 Å². The van der Waals surface area contributed by atoms with E-state index in [1.165, 1.54) is 5.56 Å². The van der Waals surface area contributed by atoms with Gasteiger partial charge in [0.1, 0.15) is 12.2 Å². The van der Waals surface area contributed by atoms with Gasteiger partial charge in [0.2, 0.25) is 0 Å². The van der Waals surface area contributed by atoms with Crippen molar-refractivity contribution in [2.75, 3.05) is 6.61 Å². The zero-order chi connectivity index (χ0) is 15.2. The summed E-state index contributed by atoms with van der Waals surface area (Å²) in [6.45, 7) is 9.18. The average Bonchev–Trinajstić information content (AvgIpc) is 2.99. The minimum Gasteiger partial charge on any atom is -0.394 e. The fraction of sp³-hybridized carbons (Fsp3) is 0.643. The van der Waals surface area contributed by atoms with Crippen LogP contribution in [-0.4, -0.2) is 36.3 Å². The van der Waals surface area contributed by atoms with Crippen LogP contribution in [0, 0.1) is 13.8 Å². The predicted octanol–water partition coefficient (Wildman–Crippen LogP) is 0.784. The molecule has 0 saturated carbocycles. The summed E-state index contributed by atoms with van der Waals surface area (Å²) in [7, 11) is 0. The van der Waals surface area contributed by atoms with Gasteiger partial charge in [0.25, 0.3) is 0 Å². The zero-order valence-electron chi connectivity index (χ0n) is 13.0. The SMILES string of the molecule is CCCn1cnnc1CNCc1c(C)nn(CCO)c1C. The van der Waals surface area contributed by atoms with Crippen LogP contribution in [0.15, 0.2) is 6.33 Å². The monoisotopic (exact) mass is 292 g/mol. The van der Waals surface area contributed by atoms with Gasteiger partial charge in [-0.25, -0.2) is 0 Å². The molecule has 0 aliphatic rings. The standard InChI is InChI=1S/C14H24N6O/c1-4-5-19-10-16-17-14(19)9-15-8-13-11(2)18-20(6-7-21)12(13)3/h10,15,21H,4-9H2,1-3H3. The number of aliphatic hydroxyl groups excluding tert-OH is 1. The van der Waals surface area contributed by atoms with E-state index in [0.717, 1.165) is 36.7 Å². The van der Waals surface area contributed by atoms with E-state index < -0.39 is 0 Å². The number of aromatic nitrogens is 5. The van der Waals surface area contributed by atoms with Gasteiger partial charge >= 0.3 is 0 Å². The number of nitrogens with one attached hydrogen (secondary N) is 1. The van der Waals surface area contributed by atoms with Crippen LogP contribution in [0.2, 0.25) is 0 Å². The molecule has 0 aliphatic heterocycles. The van der Waals surface area contributed by atoms with Crippen molar-refractivity contribution in [3.8, 4) is 0 Å². The molecule has 2 aromatic heterocycles. The average molecular weight is 292 g/mol. The molecule has 0 spiro atoms. The third-order valence-corrected chi connectivity index (χ3v) is 3.59. The zero-order valence-corrected chi connectivity index (χ0v) is 13.0. The molecule has 0 saturated heterocycles. The predicted molar refractivity (Wildman–Crippen MR) is 79.6 cm³/mol. The molecule has 21 heavy (non-hydrogen) atoms. The second-order valence-electron chi connectivity index (χ2n) is 5.14. The van der Waals surface area contributed by atoms with Crippen LogP contribution in [0.5, 0.6) is 0 Å². The van der Waals surface area contributed by atoms with Crippen LogP contribution in [-0.2, 0) is 26.2 Å². The maximum atomic E-state index is 9.03. The van der Waals surface area contributed by atoms with Crippen molar-refractivity contribution in [2.24, 2.45) is 0 Å². The lowest BCUT2D eigenvalue weighted by Gasteiger charge is -2.07. The number of rotatable bonds is 8. The summed E-state index contributed by atoms with van der Waals surface area (Å²) in [5.74, 6) is 0.954. The van der Waals surface area contributed by atoms with Crippen LogP contribution in [0.3, 0.4) is 0 Å². The first-order valence-electron chi connectivity index (χ1n) is 7.38. The maximum Gasteiger partial charge on any atom is 0.146 e. The highest BCUT2D eigenvalue weighted by atomic mass is 16.3. The highest BCUT2D eigenvalue weighted by Gasteiger charge is 2.11. The van der Waals surface area contributed by atoms with Crippen molar-refractivity contribution in [3.63, 3.8) is 0 Å². The van der Waals surface area contributed by atoms with Gasteiger partial charge in [0.15, 0.2) is 0 Å². The number of hydrogen-bond acceptors (Lipinski definition) is 5. The Morgan fingerprint density at radius 1 is 1.24 bits per heavy atom. The Balaban J connectivity index is 1.95. The van der Waals surface area contributed by atoms with E-state index in [1.807, 2.05) is 18.5 Å². The minimum atomic E-state index is 0.106. The van der Waals surface area contributed by atoms with Gasteiger partial charge in [-0.3, -0.25) is 4.68 Å². The summed E-state index contributed by atoms with van der Waals surface area (Å²) < 4.78 is 3.92. The molecule has 0 radical (unpaired) electrons. The van der Waals surface area contributed by atoms with E-state index in [2.05, 4.69) is 32.1 Å². The van der Waals surface area contributed by atoms with Gasteiger partial charge in [-0.2, -0.15) is 5.10 Å². The fourth-order valence-electron chi connectivity index (χ4n) is 2.45. The molecule has 0 atom stereocenters. The Kier molecular flexibility index (Phi) is 5.46. The van der Waals surface area contributed by atoms with Crippen molar-refractivity contribution in [1.29, 1.82) is 0 Å². The lowest BCUT2D eigenvalue weighted by Crippen LogP contribution is -2.17. The molecule has 116 valence electrons. The normalized spacial score (nSPS) is 11.2. The molecule has 0 unspecified atom stereocenters. The lowest BCUT2D eigenvalue weighted by molar-refractivity contribution is 0.267. The summed E-state index contributed by atoms with van der Waals surface area (Å²) in [6, 6.07) is 0. The number of aliphatic hydroxyl groups is 1. The van der Waals surface area contributed by atoms with E-state index >= 15 is 0 Å². The van der Waals surface area contributed by atoms with Crippen molar-refractivity contribution >= 4 is 0 Å². The molecule has 0 aliphatic carbocycles. The molecule has 7 nitrogen and oxygen atoms in total. The Morgan fingerprint density at radius 3 is 2.76 bits per heavy atom. The molecular formula is C14H24N6O. The summed E-state index contributed by atoms with van der Waals surface area (Å²) in [5, 5.41) is 25.0. The largest absolute Gasteiger partial charge is 0.394 e. The van der Waals surface area contributed by atoms with Gasteiger partial charge in [-0.05, 0) is 20.3 Å². The van der Waals surface area contributed by atoms with Crippen molar-refractivity contribution in [2.45, 2.75) is 53.4 Å². The lowest BCUT2D eigenvalue weighted by atomic mass is 10.2. The Morgan fingerprint density at radius 2 is 2.05 bits per heavy atom. The van der Waals surface area contributed by atoms with Crippen LogP contribution in [0.1, 0.15) is 36.1 Å². The van der Waals surface area contributed by atoms with Gasteiger partial charge in [-0.15, -0.1) is 10.2 Å². The van der Waals surface area contributed by atoms with Gasteiger partial charge in [-0.1, -0.05) is 6.92 Å². The molecule has 0 aromatic carbocycles. The van der Waals surface area contributed by atoms with Crippen molar-refractivity contribution < 1.29 is 5.11 Å². The summed E-state index contributed by atoms with van der Waals surface area (Å²) >= 11 is 0. The minimum absolute atomic E-state index is 0.106. The van der Waals surface area contributed by atoms with Crippen LogP contribution < -0.4 is 5.32 Å². The second-order valence-corrected chi connectivity index (χ2v) is 5.14. The molecule has 0 fully saturated rings. The maximum absolute atomic E-state index is 9.03. The highest BCUT2D eigenvalue weighted by Crippen LogP contribution is 2.12. The molecule has 0 amide bonds.